The molecule has 0 saturated carbocycles. The summed E-state index contributed by atoms with van der Waals surface area (Å²) < 4.78 is 0. The summed E-state index contributed by atoms with van der Waals surface area (Å²) in [5.74, 6) is 0. The molecule has 2 nitrogen and oxygen atoms in total. The minimum atomic E-state index is 0.872. The fraction of sp³-hybridized carbons (Fsp3) is 0.235. The third-order valence-electron chi connectivity index (χ3n) is 6.84. The van der Waals surface area contributed by atoms with Crippen LogP contribution in [0.4, 0.5) is 11.4 Å². The Morgan fingerprint density at radius 3 is 1.44 bits per heavy atom. The van der Waals surface area contributed by atoms with Crippen molar-refractivity contribution in [1.29, 1.82) is 0 Å². The van der Waals surface area contributed by atoms with Gasteiger partial charge in [0, 0.05) is 24.3 Å². The van der Waals surface area contributed by atoms with Gasteiger partial charge in [-0.3, -0.25) is 9.98 Å². The molecule has 0 radical (unpaired) electrons. The lowest BCUT2D eigenvalue weighted by Crippen LogP contribution is -2.02. The van der Waals surface area contributed by atoms with Gasteiger partial charge in [0.15, 0.2) is 0 Å². The molecule has 0 fully saturated rings. The van der Waals surface area contributed by atoms with Crippen LogP contribution in [0.5, 0.6) is 0 Å². The minimum Gasteiger partial charge on any atom is -0.258 e. The van der Waals surface area contributed by atoms with Crippen LogP contribution in [-0.2, 0) is 12.8 Å². The summed E-state index contributed by atoms with van der Waals surface area (Å²) in [6.07, 6.45) is 1.75. The highest BCUT2D eigenvalue weighted by atomic mass is 14.7. The molecule has 0 aliphatic heterocycles. The SMILES string of the molecule is CC(Cc1c(C)cccc1C)=Nc1ccc(-c2cccc(N=C(C)Cc3c(C)cccc3C)c2)cc1. The molecule has 4 aromatic rings. The van der Waals surface area contributed by atoms with E-state index in [1.807, 2.05) is 0 Å². The topological polar surface area (TPSA) is 24.7 Å². The maximum absolute atomic E-state index is 4.93. The van der Waals surface area contributed by atoms with Crippen molar-refractivity contribution in [3.63, 3.8) is 0 Å². The minimum absolute atomic E-state index is 0.872. The molecule has 4 rings (SSSR count). The molecule has 0 N–H and O–H groups in total. The van der Waals surface area contributed by atoms with E-state index in [1.54, 1.807) is 0 Å². The Labute approximate surface area is 216 Å². The zero-order chi connectivity index (χ0) is 25.7. The molecule has 4 aromatic carbocycles. The first-order chi connectivity index (χ1) is 17.3. The highest BCUT2D eigenvalue weighted by Crippen LogP contribution is 2.27. The zero-order valence-corrected chi connectivity index (χ0v) is 22.4. The van der Waals surface area contributed by atoms with Crippen LogP contribution in [0.3, 0.4) is 0 Å². The quantitative estimate of drug-likeness (QED) is 0.239. The smallest absolute Gasteiger partial charge is 0.0635 e. The Morgan fingerprint density at radius 2 is 0.944 bits per heavy atom. The molecule has 0 aliphatic carbocycles. The lowest BCUT2D eigenvalue weighted by Gasteiger charge is -2.10. The third-order valence-corrected chi connectivity index (χ3v) is 6.84. The van der Waals surface area contributed by atoms with E-state index in [1.165, 1.54) is 44.5 Å². The molecule has 0 atom stereocenters. The zero-order valence-electron chi connectivity index (χ0n) is 22.4. The van der Waals surface area contributed by atoms with E-state index in [2.05, 4.69) is 126 Å². The van der Waals surface area contributed by atoms with Crippen molar-refractivity contribution in [3.05, 3.63) is 118 Å². The van der Waals surface area contributed by atoms with Crippen LogP contribution < -0.4 is 0 Å². The predicted octanol–water partition coefficient (Wildman–Crippen LogP) is 9.26. The maximum Gasteiger partial charge on any atom is 0.0635 e. The number of benzene rings is 4. The summed E-state index contributed by atoms with van der Waals surface area (Å²) in [4.78, 5) is 9.81. The standard InChI is InChI=1S/C34H36N2/c1-23-10-7-11-24(2)33(23)20-27(5)35-31-18-16-29(17-19-31)30-14-9-15-32(22-30)36-28(6)21-34-25(3)12-8-13-26(34)4/h7-19,22H,20-21H2,1-6H3. The summed E-state index contributed by atoms with van der Waals surface area (Å²) in [5.41, 5.74) is 14.6. The number of nitrogens with zero attached hydrogens (tertiary/aromatic N) is 2. The lowest BCUT2D eigenvalue weighted by molar-refractivity contribution is 1.19. The largest absolute Gasteiger partial charge is 0.258 e. The molecular weight excluding hydrogens is 436 g/mol. The van der Waals surface area contributed by atoms with Crippen LogP contribution in [-0.4, -0.2) is 11.4 Å². The lowest BCUT2D eigenvalue weighted by atomic mass is 9.98. The van der Waals surface area contributed by atoms with Gasteiger partial charge in [-0.2, -0.15) is 0 Å². The van der Waals surface area contributed by atoms with Crippen molar-refractivity contribution in [2.75, 3.05) is 0 Å². The van der Waals surface area contributed by atoms with E-state index in [0.29, 0.717) is 0 Å². The van der Waals surface area contributed by atoms with E-state index < -0.39 is 0 Å². The summed E-state index contributed by atoms with van der Waals surface area (Å²) >= 11 is 0. The molecule has 36 heavy (non-hydrogen) atoms. The molecule has 0 aliphatic rings. The molecule has 0 bridgehead atoms. The molecule has 0 amide bonds. The number of aryl methyl sites for hydroxylation is 4. The molecular formula is C34H36N2. The Hall–Kier alpha value is -3.78. The van der Waals surface area contributed by atoms with Gasteiger partial charge in [0.05, 0.1) is 11.4 Å². The summed E-state index contributed by atoms with van der Waals surface area (Å²) in [7, 11) is 0. The second-order valence-corrected chi connectivity index (χ2v) is 9.89. The summed E-state index contributed by atoms with van der Waals surface area (Å²) in [6.45, 7) is 12.9. The van der Waals surface area contributed by atoms with Crippen molar-refractivity contribution >= 4 is 22.8 Å². The molecule has 0 spiro atoms. The number of hydrogen-bond donors (Lipinski definition) is 0. The molecule has 0 heterocycles. The van der Waals surface area contributed by atoms with Gasteiger partial charge in [-0.15, -0.1) is 0 Å². The molecule has 182 valence electrons. The average molecular weight is 473 g/mol. The van der Waals surface area contributed by atoms with E-state index in [9.17, 15) is 0 Å². The van der Waals surface area contributed by atoms with Crippen molar-refractivity contribution in [2.45, 2.75) is 54.4 Å². The van der Waals surface area contributed by atoms with E-state index in [4.69, 9.17) is 9.98 Å². The van der Waals surface area contributed by atoms with Crippen LogP contribution in [0.1, 0.15) is 47.2 Å². The average Bonchev–Trinajstić information content (AvgIpc) is 2.84. The van der Waals surface area contributed by atoms with Gasteiger partial charge in [-0.25, -0.2) is 0 Å². The first-order valence-electron chi connectivity index (χ1n) is 12.7. The summed E-state index contributed by atoms with van der Waals surface area (Å²) in [5, 5.41) is 0. The number of hydrogen-bond acceptors (Lipinski definition) is 2. The first kappa shape index (κ1) is 25.3. The van der Waals surface area contributed by atoms with Crippen molar-refractivity contribution < 1.29 is 0 Å². The van der Waals surface area contributed by atoms with E-state index in [0.717, 1.165) is 35.6 Å². The molecule has 0 unspecified atom stereocenters. The van der Waals surface area contributed by atoms with Gasteiger partial charge in [-0.1, -0.05) is 60.7 Å². The predicted molar refractivity (Wildman–Crippen MR) is 157 cm³/mol. The molecule has 0 saturated heterocycles. The Bertz CT molecular complexity index is 1380. The Balaban J connectivity index is 1.49. The van der Waals surface area contributed by atoms with Crippen LogP contribution in [0.15, 0.2) is 94.9 Å². The van der Waals surface area contributed by atoms with Gasteiger partial charge in [0.25, 0.3) is 0 Å². The highest BCUT2D eigenvalue weighted by molar-refractivity contribution is 5.88. The van der Waals surface area contributed by atoms with Gasteiger partial charge in [0.1, 0.15) is 0 Å². The number of rotatable bonds is 7. The van der Waals surface area contributed by atoms with Gasteiger partial charge >= 0.3 is 0 Å². The van der Waals surface area contributed by atoms with Crippen molar-refractivity contribution in [2.24, 2.45) is 9.98 Å². The van der Waals surface area contributed by atoms with Gasteiger partial charge in [-0.05, 0) is 110 Å². The van der Waals surface area contributed by atoms with Crippen molar-refractivity contribution in [3.8, 4) is 11.1 Å². The normalized spacial score (nSPS) is 12.2. The van der Waals surface area contributed by atoms with Gasteiger partial charge < -0.3 is 0 Å². The van der Waals surface area contributed by atoms with Gasteiger partial charge in [0.2, 0.25) is 0 Å². The fourth-order valence-corrected chi connectivity index (χ4v) is 4.77. The second kappa shape index (κ2) is 11.3. The first-order valence-corrected chi connectivity index (χ1v) is 12.7. The number of aliphatic imine (C=N–C) groups is 2. The van der Waals surface area contributed by atoms with Crippen LogP contribution >= 0.6 is 0 Å². The maximum atomic E-state index is 4.93. The Kier molecular flexibility index (Phi) is 7.95. The second-order valence-electron chi connectivity index (χ2n) is 9.89. The van der Waals surface area contributed by atoms with Crippen LogP contribution in [0.25, 0.3) is 11.1 Å². The van der Waals surface area contributed by atoms with Crippen molar-refractivity contribution in [1.82, 2.24) is 0 Å². The monoisotopic (exact) mass is 472 g/mol. The van der Waals surface area contributed by atoms with Crippen LogP contribution in [0, 0.1) is 27.7 Å². The summed E-state index contributed by atoms with van der Waals surface area (Å²) in [6, 6.07) is 29.9. The van der Waals surface area contributed by atoms with E-state index >= 15 is 0 Å². The highest BCUT2D eigenvalue weighted by Gasteiger charge is 2.06. The molecule has 2 heteroatoms. The Morgan fingerprint density at radius 1 is 0.500 bits per heavy atom. The molecule has 0 aromatic heterocycles. The van der Waals surface area contributed by atoms with E-state index in [-0.39, 0.29) is 0 Å². The third kappa shape index (κ3) is 6.26. The fourth-order valence-electron chi connectivity index (χ4n) is 4.77. The van der Waals surface area contributed by atoms with Crippen LogP contribution in [0.2, 0.25) is 0 Å².